The van der Waals surface area contributed by atoms with Gasteiger partial charge in [0.15, 0.2) is 5.78 Å². The zero-order chi connectivity index (χ0) is 20.2. The Morgan fingerprint density at radius 2 is 1.71 bits per heavy atom. The maximum atomic E-state index is 13.0. The molecule has 0 spiro atoms. The van der Waals surface area contributed by atoms with E-state index in [1.165, 1.54) is 0 Å². The van der Waals surface area contributed by atoms with Crippen molar-refractivity contribution in [3.63, 3.8) is 0 Å². The minimum Gasteiger partial charge on any atom is -0.459 e. The van der Waals surface area contributed by atoms with Gasteiger partial charge in [0, 0.05) is 18.2 Å². The maximum Gasteiger partial charge on any atom is 0.262 e. The number of sulfonamides is 1. The molecule has 1 aliphatic carbocycles. The lowest BCUT2D eigenvalue weighted by Gasteiger charge is -2.13. The molecule has 2 aromatic carbocycles. The maximum absolute atomic E-state index is 13.0. The van der Waals surface area contributed by atoms with Crippen molar-refractivity contribution in [1.29, 1.82) is 0 Å². The summed E-state index contributed by atoms with van der Waals surface area (Å²) in [6.07, 6.45) is 1.97. The van der Waals surface area contributed by atoms with Gasteiger partial charge in [-0.3, -0.25) is 9.52 Å². The summed E-state index contributed by atoms with van der Waals surface area (Å²) >= 11 is 3.45. The Balaban J connectivity index is 1.81. The number of hydrogen-bond donors (Lipinski definition) is 1. The second-order valence-corrected chi connectivity index (χ2v) is 9.82. The van der Waals surface area contributed by atoms with Crippen molar-refractivity contribution < 1.29 is 17.6 Å². The quantitative estimate of drug-likeness (QED) is 0.563. The third kappa shape index (κ3) is 3.16. The van der Waals surface area contributed by atoms with Crippen LogP contribution in [-0.2, 0) is 16.4 Å². The fraction of sp³-hybridized carbons (Fsp3) is 0.286. The minimum atomic E-state index is -3.77. The van der Waals surface area contributed by atoms with Crippen LogP contribution in [0.1, 0.15) is 45.7 Å². The van der Waals surface area contributed by atoms with E-state index in [1.807, 2.05) is 19.9 Å². The average molecular weight is 462 g/mol. The number of aryl methyl sites for hydroxylation is 4. The molecule has 28 heavy (non-hydrogen) atoms. The van der Waals surface area contributed by atoms with Crippen LogP contribution < -0.4 is 4.72 Å². The Kier molecular flexibility index (Phi) is 4.62. The van der Waals surface area contributed by atoms with E-state index in [1.54, 1.807) is 25.1 Å². The van der Waals surface area contributed by atoms with Gasteiger partial charge in [-0.05, 0) is 78.0 Å². The molecule has 1 N–H and O–H groups in total. The number of hydrogen-bond acceptors (Lipinski definition) is 4. The van der Waals surface area contributed by atoms with Crippen molar-refractivity contribution in [3.05, 3.63) is 56.8 Å². The van der Waals surface area contributed by atoms with Crippen LogP contribution in [0.2, 0.25) is 0 Å². The second kappa shape index (κ2) is 6.74. The number of furan rings is 1. The van der Waals surface area contributed by atoms with E-state index < -0.39 is 10.0 Å². The number of anilines is 1. The second-order valence-electron chi connectivity index (χ2n) is 7.32. The molecule has 0 saturated heterocycles. The van der Waals surface area contributed by atoms with Crippen LogP contribution in [0.5, 0.6) is 0 Å². The number of halogens is 1. The van der Waals surface area contributed by atoms with Gasteiger partial charge in [0.25, 0.3) is 10.0 Å². The van der Waals surface area contributed by atoms with Gasteiger partial charge in [-0.15, -0.1) is 0 Å². The van der Waals surface area contributed by atoms with E-state index >= 15 is 0 Å². The molecule has 0 bridgehead atoms. The average Bonchev–Trinajstić information content (AvgIpc) is 2.98. The van der Waals surface area contributed by atoms with E-state index in [0.717, 1.165) is 17.5 Å². The summed E-state index contributed by atoms with van der Waals surface area (Å²) in [5.41, 5.74) is 4.18. The molecule has 0 saturated carbocycles. The monoisotopic (exact) mass is 461 g/mol. The normalized spacial score (nSPS) is 14.4. The predicted octanol–water partition coefficient (Wildman–Crippen LogP) is 5.44. The van der Waals surface area contributed by atoms with Crippen molar-refractivity contribution in [2.45, 2.75) is 44.9 Å². The van der Waals surface area contributed by atoms with Crippen LogP contribution in [0, 0.1) is 20.8 Å². The Bertz CT molecular complexity index is 1240. The highest BCUT2D eigenvalue weighted by Gasteiger charge is 2.26. The molecular weight excluding hydrogens is 442 g/mol. The number of ketones is 1. The smallest absolute Gasteiger partial charge is 0.262 e. The highest BCUT2D eigenvalue weighted by Crippen LogP contribution is 2.38. The summed E-state index contributed by atoms with van der Waals surface area (Å²) in [7, 11) is -3.77. The molecular formula is C21H20BrNO4S. The van der Waals surface area contributed by atoms with Gasteiger partial charge in [0.2, 0.25) is 0 Å². The zero-order valence-corrected chi connectivity index (χ0v) is 18.3. The Hall–Kier alpha value is -2.12. The number of fused-ring (bicyclic) bond motifs is 3. The highest BCUT2D eigenvalue weighted by atomic mass is 79.9. The number of Topliss-reactive ketones (excluding diaryl/α,β-unsaturated/α-hetero) is 1. The van der Waals surface area contributed by atoms with Gasteiger partial charge in [0.1, 0.15) is 11.3 Å². The summed E-state index contributed by atoms with van der Waals surface area (Å²) < 4.78 is 35.1. The van der Waals surface area contributed by atoms with E-state index in [-0.39, 0.29) is 10.7 Å². The lowest BCUT2D eigenvalue weighted by molar-refractivity contribution is 0.0971. The van der Waals surface area contributed by atoms with Crippen LogP contribution in [-0.4, -0.2) is 14.2 Å². The molecule has 0 unspecified atom stereocenters. The van der Waals surface area contributed by atoms with Crippen LogP contribution in [0.25, 0.3) is 11.0 Å². The molecule has 1 aromatic heterocycles. The molecule has 3 aromatic rings. The van der Waals surface area contributed by atoms with E-state index in [0.29, 0.717) is 50.9 Å². The van der Waals surface area contributed by atoms with Gasteiger partial charge in [-0.2, -0.15) is 0 Å². The summed E-state index contributed by atoms with van der Waals surface area (Å²) in [4.78, 5) is 12.6. The number of carbonyl (C=O) groups excluding carboxylic acids is 1. The molecule has 146 valence electrons. The zero-order valence-electron chi connectivity index (χ0n) is 15.8. The molecule has 7 heteroatoms. The van der Waals surface area contributed by atoms with E-state index in [4.69, 9.17) is 4.42 Å². The molecule has 0 amide bonds. The molecule has 0 atom stereocenters. The van der Waals surface area contributed by atoms with Crippen LogP contribution in [0.15, 0.2) is 38.1 Å². The first-order valence-electron chi connectivity index (χ1n) is 9.06. The van der Waals surface area contributed by atoms with Crippen molar-refractivity contribution in [2.75, 3.05) is 4.72 Å². The molecule has 1 aliphatic rings. The van der Waals surface area contributed by atoms with Gasteiger partial charge in [-0.1, -0.05) is 6.07 Å². The lowest BCUT2D eigenvalue weighted by atomic mass is 9.94. The Morgan fingerprint density at radius 1 is 1.00 bits per heavy atom. The van der Waals surface area contributed by atoms with Crippen LogP contribution in [0.4, 0.5) is 5.69 Å². The summed E-state index contributed by atoms with van der Waals surface area (Å²) in [5, 5.41) is 0.642. The summed E-state index contributed by atoms with van der Waals surface area (Å²) in [5.74, 6) is 0.717. The first-order valence-corrected chi connectivity index (χ1v) is 11.3. The Labute approximate surface area is 172 Å². The van der Waals surface area contributed by atoms with E-state index in [2.05, 4.69) is 20.7 Å². The van der Waals surface area contributed by atoms with E-state index in [9.17, 15) is 13.2 Å². The van der Waals surface area contributed by atoms with Crippen molar-refractivity contribution >= 4 is 48.4 Å². The van der Waals surface area contributed by atoms with Gasteiger partial charge in [0.05, 0.1) is 20.6 Å². The molecule has 0 aliphatic heterocycles. The van der Waals surface area contributed by atoms with Crippen molar-refractivity contribution in [1.82, 2.24) is 0 Å². The lowest BCUT2D eigenvalue weighted by Crippen LogP contribution is -2.15. The first-order chi connectivity index (χ1) is 13.2. The van der Waals surface area contributed by atoms with Crippen LogP contribution >= 0.6 is 15.9 Å². The number of benzene rings is 2. The third-order valence-electron chi connectivity index (χ3n) is 5.24. The number of rotatable bonds is 3. The van der Waals surface area contributed by atoms with Gasteiger partial charge < -0.3 is 4.42 Å². The Morgan fingerprint density at radius 3 is 2.46 bits per heavy atom. The van der Waals surface area contributed by atoms with Crippen LogP contribution in [0.3, 0.4) is 0 Å². The molecule has 0 fully saturated rings. The fourth-order valence-electron chi connectivity index (χ4n) is 3.72. The van der Waals surface area contributed by atoms with Gasteiger partial charge in [-0.25, -0.2) is 8.42 Å². The minimum absolute atomic E-state index is 0.0388. The highest BCUT2D eigenvalue weighted by molar-refractivity contribution is 9.10. The van der Waals surface area contributed by atoms with Gasteiger partial charge >= 0.3 is 0 Å². The standard InChI is InChI=1S/C21H20BrNO4S/c1-11-7-13(3)19(8-12(11)2)28(25,26)23-14-9-15-20-17(24)5-4-6-18(20)27-21(15)16(22)10-14/h7-10,23H,4-6H2,1-3H3. The summed E-state index contributed by atoms with van der Waals surface area (Å²) in [6.45, 7) is 5.63. The first kappa shape index (κ1) is 19.2. The SMILES string of the molecule is Cc1cc(C)c(S(=O)(=O)Nc2cc(Br)c3oc4c(c3c2)C(=O)CCC4)cc1C. The topological polar surface area (TPSA) is 76.4 Å². The summed E-state index contributed by atoms with van der Waals surface area (Å²) in [6, 6.07) is 6.90. The predicted molar refractivity (Wildman–Crippen MR) is 113 cm³/mol. The molecule has 4 rings (SSSR count). The number of carbonyl (C=O) groups is 1. The third-order valence-corrected chi connectivity index (χ3v) is 7.35. The molecule has 0 radical (unpaired) electrons. The largest absolute Gasteiger partial charge is 0.459 e. The fourth-order valence-corrected chi connectivity index (χ4v) is 5.61. The van der Waals surface area contributed by atoms with Crippen molar-refractivity contribution in [3.8, 4) is 0 Å². The molecule has 1 heterocycles. The number of nitrogens with one attached hydrogen (secondary N) is 1. The van der Waals surface area contributed by atoms with Crippen molar-refractivity contribution in [2.24, 2.45) is 0 Å². The molecule has 5 nitrogen and oxygen atoms in total.